The molecule has 0 fully saturated rings. The van der Waals surface area contributed by atoms with Crippen LogP contribution >= 0.6 is 0 Å². The van der Waals surface area contributed by atoms with E-state index in [0.29, 0.717) is 12.2 Å². The van der Waals surface area contributed by atoms with Crippen molar-refractivity contribution < 1.29 is 18.1 Å². The smallest absolute Gasteiger partial charge is 0.287 e. The van der Waals surface area contributed by atoms with Crippen molar-refractivity contribution in [3.05, 3.63) is 33.8 Å². The van der Waals surface area contributed by atoms with E-state index in [9.17, 15) is 23.3 Å². The minimum atomic E-state index is -3.40. The predicted octanol–water partition coefficient (Wildman–Crippen LogP) is 0.977. The van der Waals surface area contributed by atoms with E-state index in [0.717, 1.165) is 0 Å². The molecule has 1 aliphatic carbocycles. The third-order valence-electron chi connectivity index (χ3n) is 1.60. The Balaban J connectivity index is 3.16. The number of hydrogen-bond acceptors (Lipinski definition) is 3. The van der Waals surface area contributed by atoms with Crippen molar-refractivity contribution in [3.8, 4) is 0 Å². The van der Waals surface area contributed by atoms with E-state index in [1.165, 1.54) is 0 Å². The first-order chi connectivity index (χ1) is 5.87. The number of alkyl halides is 2. The summed E-state index contributed by atoms with van der Waals surface area (Å²) in [6.07, 6.45) is -1.84. The van der Waals surface area contributed by atoms with Gasteiger partial charge in [0.15, 0.2) is 0 Å². The number of nitro groups is 1. The average Bonchev–Trinajstić information content (AvgIpc) is 1.99. The lowest BCUT2D eigenvalue weighted by atomic mass is 10.0. The van der Waals surface area contributed by atoms with Crippen LogP contribution in [0.5, 0.6) is 0 Å². The third kappa shape index (κ3) is 1.42. The van der Waals surface area contributed by atoms with Crippen LogP contribution in [0.1, 0.15) is 0 Å². The summed E-state index contributed by atoms with van der Waals surface area (Å²) < 4.78 is 38.1. The van der Waals surface area contributed by atoms with Crippen LogP contribution in [0, 0.1) is 10.1 Å². The molecular formula is C6H5F3N2O2. The largest absolute Gasteiger partial charge is 0.301 e. The summed E-state index contributed by atoms with van der Waals surface area (Å²) >= 11 is 0. The number of nitrogens with two attached hydrogens (primary N) is 1. The van der Waals surface area contributed by atoms with Crippen molar-refractivity contribution in [2.24, 2.45) is 5.73 Å². The van der Waals surface area contributed by atoms with Crippen LogP contribution in [0.25, 0.3) is 0 Å². The average molecular weight is 194 g/mol. The highest BCUT2D eigenvalue weighted by Crippen LogP contribution is 2.32. The van der Waals surface area contributed by atoms with Gasteiger partial charge in [0, 0.05) is 6.08 Å². The number of nitrogens with zero attached hydrogens (tertiary/aromatic N) is 1. The molecule has 0 aromatic heterocycles. The Morgan fingerprint density at radius 3 is 2.62 bits per heavy atom. The summed E-state index contributed by atoms with van der Waals surface area (Å²) in [7, 11) is 0. The Morgan fingerprint density at radius 1 is 1.62 bits per heavy atom. The maximum atomic E-state index is 13.0. The van der Waals surface area contributed by atoms with Crippen LogP contribution in [0.4, 0.5) is 13.2 Å². The second kappa shape index (κ2) is 2.84. The Hall–Kier alpha value is -1.37. The van der Waals surface area contributed by atoms with Crippen molar-refractivity contribution in [2.45, 2.75) is 12.0 Å². The summed E-state index contributed by atoms with van der Waals surface area (Å²) in [5, 5.41) is 10.1. The molecule has 2 atom stereocenters. The highest BCUT2D eigenvalue weighted by atomic mass is 19.2. The lowest BCUT2D eigenvalue weighted by molar-refractivity contribution is -0.443. The summed E-state index contributed by atoms with van der Waals surface area (Å²) in [6, 6.07) is 0. The number of allylic oxidation sites excluding steroid dienone is 2. The van der Waals surface area contributed by atoms with E-state index < -0.39 is 28.4 Å². The van der Waals surface area contributed by atoms with Gasteiger partial charge in [-0.25, -0.2) is 13.2 Å². The number of hydrogen-bond donors (Lipinski definition) is 1. The van der Waals surface area contributed by atoms with Crippen LogP contribution < -0.4 is 5.73 Å². The van der Waals surface area contributed by atoms with Gasteiger partial charge in [0.25, 0.3) is 5.79 Å². The second-order valence-corrected chi connectivity index (χ2v) is 2.49. The van der Waals surface area contributed by atoms with Crippen LogP contribution in [0.15, 0.2) is 23.7 Å². The lowest BCUT2D eigenvalue weighted by Gasteiger charge is -2.22. The molecule has 1 rings (SSSR count). The molecule has 0 bridgehead atoms. The zero-order valence-electron chi connectivity index (χ0n) is 6.21. The molecule has 13 heavy (non-hydrogen) atoms. The molecule has 0 spiro atoms. The van der Waals surface area contributed by atoms with Gasteiger partial charge in [0.1, 0.15) is 5.83 Å². The molecule has 0 aromatic rings. The van der Waals surface area contributed by atoms with Crippen LogP contribution in [0.2, 0.25) is 0 Å². The summed E-state index contributed by atoms with van der Waals surface area (Å²) in [4.78, 5) is 8.94. The zero-order chi connectivity index (χ0) is 10.2. The Bertz CT molecular complexity index is 311. The second-order valence-electron chi connectivity index (χ2n) is 2.49. The van der Waals surface area contributed by atoms with E-state index in [2.05, 4.69) is 5.73 Å². The molecule has 0 aliphatic heterocycles. The van der Waals surface area contributed by atoms with Crippen molar-refractivity contribution in [3.63, 3.8) is 0 Å². The van der Waals surface area contributed by atoms with Gasteiger partial charge >= 0.3 is 5.70 Å². The fourth-order valence-electron chi connectivity index (χ4n) is 0.902. The van der Waals surface area contributed by atoms with Crippen molar-refractivity contribution in [1.82, 2.24) is 0 Å². The highest BCUT2D eigenvalue weighted by molar-refractivity contribution is 5.29. The standard InChI is InChI=1S/C6H5F3N2O2/c7-3-1-2-4(11(12)13)6(9,10)5(3)8/h1-2,5H,10H2. The molecular weight excluding hydrogens is 189 g/mol. The van der Waals surface area contributed by atoms with E-state index in [1.807, 2.05) is 0 Å². The fraction of sp³-hybridized carbons (Fsp3) is 0.333. The van der Waals surface area contributed by atoms with Gasteiger partial charge in [-0.2, -0.15) is 0 Å². The molecule has 7 heteroatoms. The molecule has 0 radical (unpaired) electrons. The van der Waals surface area contributed by atoms with E-state index in [1.54, 1.807) is 0 Å². The Morgan fingerprint density at radius 2 is 2.15 bits per heavy atom. The zero-order valence-corrected chi connectivity index (χ0v) is 6.21. The lowest BCUT2D eigenvalue weighted by Crippen LogP contribution is -2.49. The third-order valence-corrected chi connectivity index (χ3v) is 1.60. The summed E-state index contributed by atoms with van der Waals surface area (Å²) in [5.41, 5.74) is 3.43. The quantitative estimate of drug-likeness (QED) is 0.384. The maximum Gasteiger partial charge on any atom is 0.301 e. The van der Waals surface area contributed by atoms with Gasteiger partial charge in [-0.15, -0.1) is 0 Å². The summed E-state index contributed by atoms with van der Waals surface area (Å²) in [5.74, 6) is -4.86. The van der Waals surface area contributed by atoms with E-state index in [-0.39, 0.29) is 0 Å². The van der Waals surface area contributed by atoms with Crippen molar-refractivity contribution in [1.29, 1.82) is 0 Å². The van der Waals surface area contributed by atoms with Gasteiger partial charge in [0.2, 0.25) is 6.17 Å². The first kappa shape index (κ1) is 9.72. The highest BCUT2D eigenvalue weighted by Gasteiger charge is 2.51. The van der Waals surface area contributed by atoms with Gasteiger partial charge in [-0.1, -0.05) is 0 Å². The van der Waals surface area contributed by atoms with E-state index >= 15 is 0 Å². The minimum Gasteiger partial charge on any atom is -0.287 e. The van der Waals surface area contributed by atoms with Crippen LogP contribution in [-0.4, -0.2) is 16.9 Å². The Kier molecular flexibility index (Phi) is 2.12. The van der Waals surface area contributed by atoms with Gasteiger partial charge < -0.3 is 0 Å². The summed E-state index contributed by atoms with van der Waals surface area (Å²) in [6.45, 7) is 0. The molecule has 72 valence electrons. The molecule has 2 N–H and O–H groups in total. The number of rotatable bonds is 1. The number of halogens is 3. The predicted molar refractivity (Wildman–Crippen MR) is 37.2 cm³/mol. The first-order valence-electron chi connectivity index (χ1n) is 3.21. The van der Waals surface area contributed by atoms with Crippen molar-refractivity contribution in [2.75, 3.05) is 0 Å². The molecule has 0 heterocycles. The van der Waals surface area contributed by atoms with Gasteiger partial charge in [-0.05, 0) is 6.08 Å². The molecule has 2 unspecified atom stereocenters. The normalized spacial score (nSPS) is 33.7. The molecule has 0 saturated carbocycles. The van der Waals surface area contributed by atoms with Crippen LogP contribution in [0.3, 0.4) is 0 Å². The monoisotopic (exact) mass is 194 g/mol. The maximum absolute atomic E-state index is 13.0. The fourth-order valence-corrected chi connectivity index (χ4v) is 0.902. The first-order valence-corrected chi connectivity index (χ1v) is 3.21. The molecule has 0 aromatic carbocycles. The SMILES string of the molecule is NC1(F)C([N+](=O)[O-])=CC=C(F)C1F. The van der Waals surface area contributed by atoms with Crippen LogP contribution in [-0.2, 0) is 0 Å². The molecule has 1 aliphatic rings. The molecule has 0 saturated heterocycles. The topological polar surface area (TPSA) is 69.2 Å². The molecule has 0 amide bonds. The van der Waals surface area contributed by atoms with Gasteiger partial charge in [-0.3, -0.25) is 15.8 Å². The molecule has 4 nitrogen and oxygen atoms in total. The van der Waals surface area contributed by atoms with Crippen molar-refractivity contribution >= 4 is 0 Å². The van der Waals surface area contributed by atoms with E-state index in [4.69, 9.17) is 0 Å². The Labute approximate surface area is 70.7 Å². The minimum absolute atomic E-state index is 0.480. The van der Waals surface area contributed by atoms with Gasteiger partial charge in [0.05, 0.1) is 4.92 Å².